The second-order valence-corrected chi connectivity index (χ2v) is 7.12. The van der Waals surface area contributed by atoms with E-state index in [0.29, 0.717) is 10.8 Å². The first-order chi connectivity index (χ1) is 10.3. The molecule has 0 aliphatic rings. The van der Waals surface area contributed by atoms with Gasteiger partial charge in [-0.15, -0.1) is 0 Å². The number of rotatable bonds is 6. The average Bonchev–Trinajstić information content (AvgIpc) is 2.51. The predicted octanol–water partition coefficient (Wildman–Crippen LogP) is 7.93. The molecule has 0 saturated heterocycles. The summed E-state index contributed by atoms with van der Waals surface area (Å²) in [6.45, 7) is 22.0. The minimum atomic E-state index is 0.301. The van der Waals surface area contributed by atoms with Gasteiger partial charge in [0.1, 0.15) is 0 Å². The summed E-state index contributed by atoms with van der Waals surface area (Å²) in [6.07, 6.45) is 5.21. The molecular weight excluding hydrogens is 264 g/mol. The van der Waals surface area contributed by atoms with Crippen molar-refractivity contribution in [1.82, 2.24) is 0 Å². The molecule has 0 fully saturated rings. The van der Waals surface area contributed by atoms with Crippen LogP contribution in [0.15, 0.2) is 24.3 Å². The van der Waals surface area contributed by atoms with E-state index < -0.39 is 0 Å². The van der Waals surface area contributed by atoms with Crippen LogP contribution < -0.4 is 0 Å². The highest BCUT2D eigenvalue weighted by Crippen LogP contribution is 2.33. The first-order valence-corrected chi connectivity index (χ1v) is 9.34. The van der Waals surface area contributed by atoms with Crippen molar-refractivity contribution in [2.75, 3.05) is 0 Å². The van der Waals surface area contributed by atoms with Gasteiger partial charge in [-0.2, -0.15) is 0 Å². The van der Waals surface area contributed by atoms with E-state index in [2.05, 4.69) is 65.8 Å². The molecule has 0 unspecified atom stereocenters. The monoisotopic (exact) mass is 306 g/mol. The van der Waals surface area contributed by atoms with Gasteiger partial charge < -0.3 is 0 Å². The van der Waals surface area contributed by atoms with Crippen molar-refractivity contribution in [3.8, 4) is 0 Å². The van der Waals surface area contributed by atoms with E-state index >= 15 is 0 Å². The molecule has 1 rings (SSSR count). The average molecular weight is 307 g/mol. The molecule has 130 valence electrons. The van der Waals surface area contributed by atoms with Crippen LogP contribution in [0.25, 0.3) is 0 Å². The van der Waals surface area contributed by atoms with Crippen LogP contribution in [0, 0.1) is 12.3 Å². The Morgan fingerprint density at radius 3 is 1.86 bits per heavy atom. The van der Waals surface area contributed by atoms with Crippen molar-refractivity contribution in [3.63, 3.8) is 0 Å². The molecule has 0 heteroatoms. The zero-order chi connectivity index (χ0) is 17.8. The summed E-state index contributed by atoms with van der Waals surface area (Å²) in [4.78, 5) is 0. The normalized spacial score (nSPS) is 11.0. The third kappa shape index (κ3) is 9.28. The lowest BCUT2D eigenvalue weighted by atomic mass is 9.76. The van der Waals surface area contributed by atoms with E-state index in [1.807, 2.05) is 27.7 Å². The largest absolute Gasteiger partial charge is 0.0683 e. The Morgan fingerprint density at radius 2 is 1.41 bits per heavy atom. The third-order valence-electron chi connectivity index (χ3n) is 4.41. The van der Waals surface area contributed by atoms with Crippen LogP contribution in [-0.2, 0) is 5.41 Å². The first-order valence-electron chi connectivity index (χ1n) is 9.34. The van der Waals surface area contributed by atoms with Gasteiger partial charge in [-0.1, -0.05) is 105 Å². The van der Waals surface area contributed by atoms with Crippen molar-refractivity contribution in [3.05, 3.63) is 35.4 Å². The summed E-state index contributed by atoms with van der Waals surface area (Å²) in [5.74, 6) is 0. The molecule has 0 nitrogen and oxygen atoms in total. The van der Waals surface area contributed by atoms with Gasteiger partial charge in [0.15, 0.2) is 0 Å². The van der Waals surface area contributed by atoms with E-state index in [0.717, 1.165) is 0 Å². The van der Waals surface area contributed by atoms with E-state index in [-0.39, 0.29) is 0 Å². The van der Waals surface area contributed by atoms with Crippen molar-refractivity contribution in [2.24, 2.45) is 5.41 Å². The van der Waals surface area contributed by atoms with Gasteiger partial charge in [0.05, 0.1) is 0 Å². The van der Waals surface area contributed by atoms with Crippen LogP contribution in [0.4, 0.5) is 0 Å². The standard InChI is InChI=1S/C18H30.2C2H6/c1-7-17(3,4)12-9-13-18(5,6)16-11-8-10-15(2)14-16;2*1-2/h8,10-11,14H,7,9,12-13H2,1-6H3;2*1-2H3. The molecule has 0 amide bonds. The van der Waals surface area contributed by atoms with Gasteiger partial charge in [-0.25, -0.2) is 0 Å². The lowest BCUT2D eigenvalue weighted by Crippen LogP contribution is -2.19. The first kappa shape index (κ1) is 23.5. The van der Waals surface area contributed by atoms with Gasteiger partial charge in [0.25, 0.3) is 0 Å². The quantitative estimate of drug-likeness (QED) is 0.500. The second-order valence-electron chi connectivity index (χ2n) is 7.12. The minimum Gasteiger partial charge on any atom is -0.0683 e. The maximum Gasteiger partial charge on any atom is -0.0103 e. The van der Waals surface area contributed by atoms with Crippen molar-refractivity contribution >= 4 is 0 Å². The molecular formula is C22H42. The Hall–Kier alpha value is -0.780. The fourth-order valence-electron chi connectivity index (χ4n) is 2.40. The topological polar surface area (TPSA) is 0 Å². The van der Waals surface area contributed by atoms with Gasteiger partial charge in [-0.3, -0.25) is 0 Å². The molecule has 0 atom stereocenters. The highest BCUT2D eigenvalue weighted by atomic mass is 14.3. The molecule has 22 heavy (non-hydrogen) atoms. The summed E-state index contributed by atoms with van der Waals surface area (Å²) >= 11 is 0. The fourth-order valence-corrected chi connectivity index (χ4v) is 2.40. The molecule has 0 saturated carbocycles. The number of hydrogen-bond donors (Lipinski definition) is 0. The molecule has 0 aliphatic heterocycles. The van der Waals surface area contributed by atoms with Crippen molar-refractivity contribution < 1.29 is 0 Å². The minimum absolute atomic E-state index is 0.301. The summed E-state index contributed by atoms with van der Waals surface area (Å²) in [7, 11) is 0. The van der Waals surface area contributed by atoms with E-state index in [9.17, 15) is 0 Å². The summed E-state index contributed by atoms with van der Waals surface area (Å²) in [5.41, 5.74) is 3.66. The maximum absolute atomic E-state index is 2.38. The number of hydrogen-bond acceptors (Lipinski definition) is 0. The van der Waals surface area contributed by atoms with E-state index in [4.69, 9.17) is 0 Å². The van der Waals surface area contributed by atoms with Crippen LogP contribution in [0.3, 0.4) is 0 Å². The Morgan fingerprint density at radius 1 is 0.864 bits per heavy atom. The third-order valence-corrected chi connectivity index (χ3v) is 4.41. The molecule has 0 aliphatic carbocycles. The van der Waals surface area contributed by atoms with E-state index in [1.54, 1.807) is 0 Å². The zero-order valence-corrected chi connectivity index (χ0v) is 17.1. The summed E-state index contributed by atoms with van der Waals surface area (Å²) in [5, 5.41) is 0. The van der Waals surface area contributed by atoms with Gasteiger partial charge >= 0.3 is 0 Å². The Bertz CT molecular complexity index is 371. The lowest BCUT2D eigenvalue weighted by Gasteiger charge is -2.29. The molecule has 1 aromatic carbocycles. The molecule has 1 aromatic rings. The van der Waals surface area contributed by atoms with Crippen LogP contribution >= 0.6 is 0 Å². The predicted molar refractivity (Wildman–Crippen MR) is 105 cm³/mol. The highest BCUT2D eigenvalue weighted by Gasteiger charge is 2.22. The van der Waals surface area contributed by atoms with Gasteiger partial charge in [0.2, 0.25) is 0 Å². The second kappa shape index (κ2) is 11.7. The molecule has 0 heterocycles. The van der Waals surface area contributed by atoms with Gasteiger partial charge in [0, 0.05) is 0 Å². The Labute approximate surface area is 141 Å². The van der Waals surface area contributed by atoms with Crippen LogP contribution in [0.1, 0.15) is 99.1 Å². The SMILES string of the molecule is CC.CC.CCC(C)(C)CCCC(C)(C)c1cccc(C)c1. The number of benzene rings is 1. The van der Waals surface area contributed by atoms with Crippen LogP contribution in [0.2, 0.25) is 0 Å². The van der Waals surface area contributed by atoms with Crippen LogP contribution in [-0.4, -0.2) is 0 Å². The maximum atomic E-state index is 2.38. The lowest BCUT2D eigenvalue weighted by molar-refractivity contribution is 0.293. The molecule has 0 radical (unpaired) electrons. The Balaban J connectivity index is 0. The number of aryl methyl sites for hydroxylation is 1. The van der Waals surface area contributed by atoms with Gasteiger partial charge in [-0.05, 0) is 36.2 Å². The zero-order valence-electron chi connectivity index (χ0n) is 17.1. The summed E-state index contributed by atoms with van der Waals surface area (Å²) < 4.78 is 0. The fraction of sp³-hybridized carbons (Fsp3) is 0.727. The highest BCUT2D eigenvalue weighted by molar-refractivity contribution is 5.28. The molecule has 0 N–H and O–H groups in total. The van der Waals surface area contributed by atoms with Crippen molar-refractivity contribution in [1.29, 1.82) is 0 Å². The molecule has 0 spiro atoms. The molecule has 0 aromatic heterocycles. The Kier molecular flexibility index (Phi) is 12.5. The van der Waals surface area contributed by atoms with Crippen LogP contribution in [0.5, 0.6) is 0 Å². The van der Waals surface area contributed by atoms with E-state index in [1.165, 1.54) is 36.8 Å². The summed E-state index contributed by atoms with van der Waals surface area (Å²) in [6, 6.07) is 8.98. The van der Waals surface area contributed by atoms with Crippen molar-refractivity contribution in [2.45, 2.75) is 100 Å². The molecule has 0 bridgehead atoms. The smallest absolute Gasteiger partial charge is 0.0103 e.